The first-order chi connectivity index (χ1) is 17.5. The van der Waals surface area contributed by atoms with Gasteiger partial charge in [-0.1, -0.05) is 12.1 Å². The maximum atomic E-state index is 11.1. The van der Waals surface area contributed by atoms with Gasteiger partial charge in [0.05, 0.1) is 11.1 Å². The van der Waals surface area contributed by atoms with Crippen LogP contribution in [0.4, 0.5) is 0 Å². The van der Waals surface area contributed by atoms with E-state index in [4.69, 9.17) is 19.7 Å². The van der Waals surface area contributed by atoms with Crippen LogP contribution in [0.1, 0.15) is 20.7 Å². The van der Waals surface area contributed by atoms with Crippen LogP contribution in [0, 0.1) is 14.3 Å². The third-order valence-electron chi connectivity index (χ3n) is 4.83. The molecule has 0 heterocycles. The van der Waals surface area contributed by atoms with E-state index in [1.807, 2.05) is 60.7 Å². The van der Waals surface area contributed by atoms with E-state index in [-0.39, 0.29) is 0 Å². The monoisotopic (exact) mass is 708 g/mol. The minimum Gasteiger partial charge on any atom is -0.490 e. The Labute approximate surface area is 229 Å². The average molecular weight is 708 g/mol. The van der Waals surface area contributed by atoms with Crippen LogP contribution in [-0.2, 0) is 0 Å². The summed E-state index contributed by atoms with van der Waals surface area (Å²) < 4.78 is 16.0. The van der Waals surface area contributed by atoms with Crippen LogP contribution in [0.5, 0.6) is 11.5 Å². The first-order valence-corrected chi connectivity index (χ1v) is 15.2. The predicted octanol–water partition coefficient (Wildman–Crippen LogP) is -1.20. The Bertz CT molecular complexity index is 1230. The number of ether oxygens (including phenoxy) is 2. The lowest BCUT2D eigenvalue weighted by Gasteiger charge is -2.08. The van der Waals surface area contributed by atoms with Crippen LogP contribution >= 0.6 is 0 Å². The van der Waals surface area contributed by atoms with Crippen LogP contribution in [0.15, 0.2) is 97.1 Å². The number of carboxylic acid groups (broad SMARTS) is 2. The molecule has 0 spiro atoms. The van der Waals surface area contributed by atoms with E-state index in [2.05, 4.69) is 0 Å². The minimum atomic E-state index is -0.910. The standard InChI is InChI=1S/C28H20I2O6/c31-27(32)19-3-1-5-23(17-19)29-21-7-11-25(12-8-21)35-15-16-36-26-13-9-22(10-14-26)30-24-6-2-4-20(18-24)28(33)34/h1-14,17-18H,15-16H2/p+2. The molecule has 0 radical (unpaired) electrons. The van der Waals surface area contributed by atoms with Gasteiger partial charge < -0.3 is 19.7 Å². The number of carbonyl (C=O) groups is 2. The molecule has 0 saturated carbocycles. The van der Waals surface area contributed by atoms with Gasteiger partial charge in [0.15, 0.2) is 14.3 Å². The number of carboxylic acids is 2. The highest BCUT2D eigenvalue weighted by Gasteiger charge is 2.18. The van der Waals surface area contributed by atoms with Crippen LogP contribution in [0.2, 0.25) is 0 Å². The van der Waals surface area contributed by atoms with E-state index in [9.17, 15) is 9.59 Å². The molecule has 36 heavy (non-hydrogen) atoms. The summed E-state index contributed by atoms with van der Waals surface area (Å²) in [5.74, 6) is -0.302. The Morgan fingerprint density at radius 3 is 1.31 bits per heavy atom. The summed E-state index contributed by atoms with van der Waals surface area (Å²) >= 11 is -0.932. The van der Waals surface area contributed by atoms with Crippen molar-refractivity contribution in [2.24, 2.45) is 0 Å². The van der Waals surface area contributed by atoms with Crippen molar-refractivity contribution in [2.45, 2.75) is 0 Å². The van der Waals surface area contributed by atoms with Crippen molar-refractivity contribution in [3.8, 4) is 11.5 Å². The number of hydrogen-bond donors (Lipinski definition) is 2. The first-order valence-electron chi connectivity index (χ1n) is 10.9. The summed E-state index contributed by atoms with van der Waals surface area (Å²) in [5.41, 5.74) is 0.628. The average Bonchev–Trinajstić information content (AvgIpc) is 2.89. The summed E-state index contributed by atoms with van der Waals surface area (Å²) in [5, 5.41) is 18.3. The van der Waals surface area contributed by atoms with Crippen molar-refractivity contribution in [1.29, 1.82) is 0 Å². The largest absolute Gasteiger partial charge is 0.490 e. The lowest BCUT2D eigenvalue weighted by atomic mass is 10.2. The number of hydrogen-bond acceptors (Lipinski definition) is 4. The molecule has 0 amide bonds. The van der Waals surface area contributed by atoms with Crippen molar-refractivity contribution >= 4 is 11.9 Å². The molecule has 0 aliphatic rings. The highest BCUT2D eigenvalue weighted by atomic mass is 127. The lowest BCUT2D eigenvalue weighted by Crippen LogP contribution is -3.61. The van der Waals surface area contributed by atoms with Gasteiger partial charge in [0.25, 0.3) is 0 Å². The fraction of sp³-hybridized carbons (Fsp3) is 0.0714. The van der Waals surface area contributed by atoms with E-state index < -0.39 is 54.3 Å². The summed E-state index contributed by atoms with van der Waals surface area (Å²) in [6.07, 6.45) is 0. The van der Waals surface area contributed by atoms with E-state index >= 15 is 0 Å². The van der Waals surface area contributed by atoms with Crippen LogP contribution in [-0.4, -0.2) is 35.4 Å². The SMILES string of the molecule is O=C(O)c1cccc([I+]c2ccc(OCCOc3ccc([I+]c4cccc(C(=O)O)c4)cc3)cc2)c1. The lowest BCUT2D eigenvalue weighted by molar-refractivity contribution is -0.597. The van der Waals surface area contributed by atoms with Gasteiger partial charge in [0.2, 0.25) is 0 Å². The molecule has 4 rings (SSSR count). The van der Waals surface area contributed by atoms with E-state index in [1.54, 1.807) is 36.4 Å². The fourth-order valence-corrected chi connectivity index (χ4v) is 7.75. The van der Waals surface area contributed by atoms with Crippen molar-refractivity contribution in [2.75, 3.05) is 13.2 Å². The zero-order chi connectivity index (χ0) is 25.3. The quantitative estimate of drug-likeness (QED) is 0.150. The highest BCUT2D eigenvalue weighted by Crippen LogP contribution is 2.10. The van der Waals surface area contributed by atoms with Gasteiger partial charge >= 0.3 is 54.3 Å². The number of aromatic carboxylic acids is 2. The second-order valence-electron chi connectivity index (χ2n) is 7.42. The fourth-order valence-electron chi connectivity index (χ4n) is 3.12. The normalized spacial score (nSPS) is 10.6. The molecule has 0 aliphatic carbocycles. The highest BCUT2D eigenvalue weighted by molar-refractivity contribution is 5.87. The van der Waals surface area contributed by atoms with Gasteiger partial charge in [-0.25, -0.2) is 9.59 Å². The molecule has 0 fully saturated rings. The number of rotatable bonds is 11. The van der Waals surface area contributed by atoms with Gasteiger partial charge in [-0.2, -0.15) is 0 Å². The third-order valence-corrected chi connectivity index (χ3v) is 10.1. The third kappa shape index (κ3) is 7.69. The Kier molecular flexibility index (Phi) is 9.17. The first kappa shape index (κ1) is 26.0. The number of benzene rings is 4. The maximum Gasteiger partial charge on any atom is 0.357 e. The molecule has 0 bridgehead atoms. The maximum absolute atomic E-state index is 11.1. The van der Waals surface area contributed by atoms with Crippen LogP contribution in [0.25, 0.3) is 0 Å². The second kappa shape index (κ2) is 12.7. The molecule has 0 atom stereocenters. The topological polar surface area (TPSA) is 93.1 Å². The molecule has 8 heteroatoms. The molecular formula is C28H22I2O6+2. The molecule has 0 saturated heterocycles. The summed E-state index contributed by atoms with van der Waals surface area (Å²) in [6, 6.07) is 30.0. The number of halogens is 2. The molecule has 2 N–H and O–H groups in total. The molecule has 0 aromatic heterocycles. The van der Waals surface area contributed by atoms with Gasteiger partial charge in [0.1, 0.15) is 24.7 Å². The Hall–Kier alpha value is -3.12. The molecular weight excluding hydrogens is 686 g/mol. The molecule has 182 valence electrons. The van der Waals surface area contributed by atoms with Crippen molar-refractivity contribution in [1.82, 2.24) is 0 Å². The molecule has 4 aromatic carbocycles. The molecule has 0 aliphatic heterocycles. The zero-order valence-electron chi connectivity index (χ0n) is 18.9. The Balaban J connectivity index is 1.21. The minimum absolute atomic E-state index is 0.314. The van der Waals surface area contributed by atoms with Crippen LogP contribution in [0.3, 0.4) is 0 Å². The van der Waals surface area contributed by atoms with E-state index in [0.717, 1.165) is 18.6 Å². The second-order valence-corrected chi connectivity index (χ2v) is 13.5. The Morgan fingerprint density at radius 2 is 0.944 bits per heavy atom. The summed E-state index contributed by atoms with van der Waals surface area (Å²) in [6.45, 7) is 0.817. The van der Waals surface area contributed by atoms with Crippen molar-refractivity contribution in [3.63, 3.8) is 0 Å². The zero-order valence-corrected chi connectivity index (χ0v) is 23.3. The van der Waals surface area contributed by atoms with Gasteiger partial charge in [-0.15, -0.1) is 0 Å². The molecule has 4 aromatic rings. The van der Waals surface area contributed by atoms with Crippen molar-refractivity contribution < 1.29 is 71.7 Å². The Morgan fingerprint density at radius 1 is 0.556 bits per heavy atom. The summed E-state index contributed by atoms with van der Waals surface area (Å²) in [7, 11) is 0. The van der Waals surface area contributed by atoms with E-state index in [0.29, 0.717) is 24.3 Å². The predicted molar refractivity (Wildman–Crippen MR) is 125 cm³/mol. The summed E-state index contributed by atoms with van der Waals surface area (Å²) in [4.78, 5) is 22.3. The van der Waals surface area contributed by atoms with Crippen molar-refractivity contribution in [3.05, 3.63) is 122 Å². The van der Waals surface area contributed by atoms with Gasteiger partial charge in [-0.05, 0) is 72.8 Å². The molecule has 0 unspecified atom stereocenters. The van der Waals surface area contributed by atoms with E-state index in [1.165, 1.54) is 7.14 Å². The smallest absolute Gasteiger partial charge is 0.357 e. The van der Waals surface area contributed by atoms with Gasteiger partial charge in [-0.3, -0.25) is 0 Å². The van der Waals surface area contributed by atoms with Crippen LogP contribution < -0.4 is 51.9 Å². The van der Waals surface area contributed by atoms with Gasteiger partial charge in [0, 0.05) is 12.1 Å². The molecule has 6 nitrogen and oxygen atoms in total.